The topological polar surface area (TPSA) is 55.2 Å². The summed E-state index contributed by atoms with van der Waals surface area (Å²) in [5.41, 5.74) is 1.57. The van der Waals surface area contributed by atoms with Crippen molar-refractivity contribution in [2.75, 3.05) is 14.1 Å². The lowest BCUT2D eigenvalue weighted by Crippen LogP contribution is -2.22. The average Bonchev–Trinajstić information content (AvgIpc) is 2.98. The molecular weight excluding hydrogens is 425 g/mol. The van der Waals surface area contributed by atoms with Crippen molar-refractivity contribution in [3.05, 3.63) is 52.3 Å². The van der Waals surface area contributed by atoms with Gasteiger partial charge < -0.3 is 4.57 Å². The highest BCUT2D eigenvalue weighted by atomic mass is 35.5. The lowest BCUT2D eigenvalue weighted by molar-refractivity contribution is 0.521. The van der Waals surface area contributed by atoms with E-state index in [2.05, 4.69) is 9.55 Å². The summed E-state index contributed by atoms with van der Waals surface area (Å²) in [4.78, 5) is 5.79. The number of rotatable bonds is 6. The third-order valence-electron chi connectivity index (χ3n) is 4.14. The van der Waals surface area contributed by atoms with Crippen molar-refractivity contribution >= 4 is 56.0 Å². The Morgan fingerprint density at radius 3 is 2.56 bits per heavy atom. The second-order valence-electron chi connectivity index (χ2n) is 6.07. The predicted molar refractivity (Wildman–Crippen MR) is 112 cm³/mol. The normalized spacial score (nSPS) is 12.2. The SMILES string of the molecule is CCn1c(CSc2cc(Cl)ccc2Cl)nc2cc(S(=O)(=O)N(C)C)ccc21. The predicted octanol–water partition coefficient (Wildman–Crippen LogP) is 4.91. The first-order valence-corrected chi connectivity index (χ1v) is 11.4. The highest BCUT2D eigenvalue weighted by molar-refractivity contribution is 7.98. The van der Waals surface area contributed by atoms with E-state index in [0.29, 0.717) is 21.3 Å². The van der Waals surface area contributed by atoms with Gasteiger partial charge in [0.05, 0.1) is 26.7 Å². The lowest BCUT2D eigenvalue weighted by Gasteiger charge is -2.11. The third-order valence-corrected chi connectivity index (χ3v) is 7.68. The quantitative estimate of drug-likeness (QED) is 0.508. The monoisotopic (exact) mass is 443 g/mol. The van der Waals surface area contributed by atoms with Crippen molar-refractivity contribution in [1.82, 2.24) is 13.9 Å². The first-order valence-electron chi connectivity index (χ1n) is 8.23. The van der Waals surface area contributed by atoms with Gasteiger partial charge in [0.1, 0.15) is 5.82 Å². The maximum absolute atomic E-state index is 12.4. The number of nitrogens with zero attached hydrogens (tertiary/aromatic N) is 3. The largest absolute Gasteiger partial charge is 0.328 e. The molecule has 9 heteroatoms. The summed E-state index contributed by atoms with van der Waals surface area (Å²) in [5, 5.41) is 1.27. The number of benzene rings is 2. The smallest absolute Gasteiger partial charge is 0.242 e. The molecule has 0 aliphatic rings. The summed E-state index contributed by atoms with van der Waals surface area (Å²) in [7, 11) is -0.468. The Bertz CT molecular complexity index is 1100. The molecule has 1 heterocycles. The zero-order chi connectivity index (χ0) is 19.8. The van der Waals surface area contributed by atoms with E-state index in [1.165, 1.54) is 18.4 Å². The van der Waals surface area contributed by atoms with E-state index in [-0.39, 0.29) is 4.90 Å². The number of hydrogen-bond acceptors (Lipinski definition) is 4. The minimum atomic E-state index is -3.50. The number of halogens is 2. The minimum Gasteiger partial charge on any atom is -0.328 e. The molecule has 0 amide bonds. The van der Waals surface area contributed by atoms with Crippen molar-refractivity contribution in [2.24, 2.45) is 0 Å². The van der Waals surface area contributed by atoms with Gasteiger partial charge in [0, 0.05) is 30.6 Å². The fourth-order valence-corrected chi connectivity index (χ4v) is 5.09. The van der Waals surface area contributed by atoms with E-state index >= 15 is 0 Å². The van der Waals surface area contributed by atoms with Crippen LogP contribution in [0.5, 0.6) is 0 Å². The Kier molecular flexibility index (Phi) is 6.08. The van der Waals surface area contributed by atoms with Gasteiger partial charge in [-0.15, -0.1) is 11.8 Å². The molecule has 2 aromatic carbocycles. The fraction of sp³-hybridized carbons (Fsp3) is 0.278. The van der Waals surface area contributed by atoms with E-state index in [1.807, 2.05) is 19.1 Å². The first kappa shape index (κ1) is 20.5. The molecule has 0 bridgehead atoms. The van der Waals surface area contributed by atoms with Gasteiger partial charge in [0.25, 0.3) is 0 Å². The van der Waals surface area contributed by atoms with Crippen LogP contribution >= 0.6 is 35.0 Å². The van der Waals surface area contributed by atoms with E-state index < -0.39 is 10.0 Å². The Balaban J connectivity index is 1.97. The molecule has 0 atom stereocenters. The summed E-state index contributed by atoms with van der Waals surface area (Å²) in [6, 6.07) is 10.4. The van der Waals surface area contributed by atoms with Crippen molar-refractivity contribution in [3.63, 3.8) is 0 Å². The molecule has 0 aliphatic carbocycles. The van der Waals surface area contributed by atoms with Crippen molar-refractivity contribution in [3.8, 4) is 0 Å². The van der Waals surface area contributed by atoms with Crippen LogP contribution in [0.2, 0.25) is 10.0 Å². The minimum absolute atomic E-state index is 0.234. The van der Waals surface area contributed by atoms with Gasteiger partial charge in [0.2, 0.25) is 10.0 Å². The third kappa shape index (κ3) is 4.12. The molecule has 144 valence electrons. The zero-order valence-corrected chi connectivity index (χ0v) is 18.3. The zero-order valence-electron chi connectivity index (χ0n) is 15.1. The number of thioether (sulfide) groups is 1. The molecule has 5 nitrogen and oxygen atoms in total. The van der Waals surface area contributed by atoms with Crippen LogP contribution < -0.4 is 0 Å². The second kappa shape index (κ2) is 8.01. The number of fused-ring (bicyclic) bond motifs is 1. The van der Waals surface area contributed by atoms with E-state index in [9.17, 15) is 8.42 Å². The van der Waals surface area contributed by atoms with Crippen LogP contribution in [0.25, 0.3) is 11.0 Å². The molecule has 3 aromatic rings. The maximum atomic E-state index is 12.4. The van der Waals surface area contributed by atoms with Gasteiger partial charge in [-0.05, 0) is 43.3 Å². The van der Waals surface area contributed by atoms with Crippen LogP contribution in [-0.2, 0) is 22.3 Å². The van der Waals surface area contributed by atoms with Gasteiger partial charge in [0.15, 0.2) is 0 Å². The Morgan fingerprint density at radius 2 is 1.89 bits per heavy atom. The van der Waals surface area contributed by atoms with Crippen molar-refractivity contribution in [2.45, 2.75) is 29.0 Å². The molecule has 27 heavy (non-hydrogen) atoms. The molecule has 1 aromatic heterocycles. The van der Waals surface area contributed by atoms with E-state index in [1.54, 1.807) is 36.0 Å². The van der Waals surface area contributed by atoms with E-state index in [0.717, 1.165) is 22.8 Å². The van der Waals surface area contributed by atoms with Crippen LogP contribution in [0.3, 0.4) is 0 Å². The molecular formula is C18H19Cl2N3O2S2. The Hall–Kier alpha value is -1.25. The summed E-state index contributed by atoms with van der Waals surface area (Å²) >= 11 is 13.8. The summed E-state index contributed by atoms with van der Waals surface area (Å²) < 4.78 is 28.0. The molecule has 0 unspecified atom stereocenters. The first-order chi connectivity index (χ1) is 12.7. The van der Waals surface area contributed by atoms with Crippen LogP contribution in [0.4, 0.5) is 0 Å². The maximum Gasteiger partial charge on any atom is 0.242 e. The van der Waals surface area contributed by atoms with Crippen LogP contribution in [0.15, 0.2) is 46.2 Å². The molecule has 0 fully saturated rings. The fourth-order valence-electron chi connectivity index (χ4n) is 2.72. The number of aromatic nitrogens is 2. The molecule has 0 aliphatic heterocycles. The van der Waals surface area contributed by atoms with Gasteiger partial charge in [-0.3, -0.25) is 0 Å². The van der Waals surface area contributed by atoms with Crippen LogP contribution in [0, 0.1) is 0 Å². The second-order valence-corrected chi connectivity index (χ2v) is 10.1. The number of hydrogen-bond donors (Lipinski definition) is 0. The summed E-state index contributed by atoms with van der Waals surface area (Å²) in [5.74, 6) is 1.45. The average molecular weight is 444 g/mol. The Labute approximate surface area is 173 Å². The number of aryl methyl sites for hydroxylation is 1. The highest BCUT2D eigenvalue weighted by Crippen LogP contribution is 2.33. The van der Waals surface area contributed by atoms with Gasteiger partial charge in [-0.2, -0.15) is 0 Å². The van der Waals surface area contributed by atoms with Crippen molar-refractivity contribution < 1.29 is 8.42 Å². The summed E-state index contributed by atoms with van der Waals surface area (Å²) in [6.45, 7) is 2.77. The Morgan fingerprint density at radius 1 is 1.15 bits per heavy atom. The molecule has 0 N–H and O–H groups in total. The lowest BCUT2D eigenvalue weighted by atomic mass is 10.3. The molecule has 0 radical (unpaired) electrons. The highest BCUT2D eigenvalue weighted by Gasteiger charge is 2.19. The van der Waals surface area contributed by atoms with Gasteiger partial charge in [-0.1, -0.05) is 23.2 Å². The molecule has 0 spiro atoms. The molecule has 0 saturated heterocycles. The van der Waals surface area contributed by atoms with Gasteiger partial charge in [-0.25, -0.2) is 17.7 Å². The van der Waals surface area contributed by atoms with Crippen LogP contribution in [-0.4, -0.2) is 36.4 Å². The van der Waals surface area contributed by atoms with Crippen LogP contribution in [0.1, 0.15) is 12.7 Å². The summed E-state index contributed by atoms with van der Waals surface area (Å²) in [6.07, 6.45) is 0. The van der Waals surface area contributed by atoms with E-state index in [4.69, 9.17) is 23.2 Å². The number of imidazole rings is 1. The van der Waals surface area contributed by atoms with Crippen molar-refractivity contribution in [1.29, 1.82) is 0 Å². The molecule has 3 rings (SSSR count). The van der Waals surface area contributed by atoms with Gasteiger partial charge >= 0.3 is 0 Å². The molecule has 0 saturated carbocycles. The standard InChI is InChI=1S/C18H19Cl2N3O2S2/c1-4-23-16-8-6-13(27(24,25)22(2)3)10-15(16)21-18(23)11-26-17-9-12(19)5-7-14(17)20/h5-10H,4,11H2,1-3H3. The number of sulfonamides is 1.